The number of benzene rings is 1. The molecule has 1 aromatic heterocycles. The highest BCUT2D eigenvalue weighted by molar-refractivity contribution is 9.10. The van der Waals surface area contributed by atoms with Crippen molar-refractivity contribution in [3.63, 3.8) is 0 Å². The third-order valence-electron chi connectivity index (χ3n) is 3.38. The molecule has 0 aliphatic heterocycles. The van der Waals surface area contributed by atoms with E-state index in [1.807, 2.05) is 24.3 Å². The molecule has 122 valence electrons. The minimum Gasteiger partial charge on any atom is -0.481 e. The Kier molecular flexibility index (Phi) is 5.49. The van der Waals surface area contributed by atoms with Gasteiger partial charge in [0.1, 0.15) is 0 Å². The van der Waals surface area contributed by atoms with Crippen LogP contribution in [0.3, 0.4) is 0 Å². The van der Waals surface area contributed by atoms with Gasteiger partial charge in [0.25, 0.3) is 5.91 Å². The minimum absolute atomic E-state index is 0.0291. The van der Waals surface area contributed by atoms with Crippen LogP contribution in [0.1, 0.15) is 29.0 Å². The van der Waals surface area contributed by atoms with E-state index in [9.17, 15) is 9.59 Å². The highest BCUT2D eigenvalue weighted by Gasteiger charge is 2.20. The van der Waals surface area contributed by atoms with Crippen molar-refractivity contribution in [1.82, 2.24) is 19.9 Å². The first-order valence-corrected chi connectivity index (χ1v) is 7.85. The third kappa shape index (κ3) is 4.16. The Morgan fingerprint density at radius 3 is 2.78 bits per heavy atom. The lowest BCUT2D eigenvalue weighted by Gasteiger charge is -2.15. The number of carbonyl (C=O) groups is 2. The summed E-state index contributed by atoms with van der Waals surface area (Å²) in [4.78, 5) is 24.4. The van der Waals surface area contributed by atoms with Gasteiger partial charge in [0, 0.05) is 24.5 Å². The number of halogens is 1. The average molecular weight is 381 g/mol. The predicted molar refractivity (Wildman–Crippen MR) is 87.6 cm³/mol. The lowest BCUT2D eigenvalue weighted by molar-refractivity contribution is -0.137. The van der Waals surface area contributed by atoms with Crippen molar-refractivity contribution in [2.75, 3.05) is 13.6 Å². The molecule has 0 unspecified atom stereocenters. The molecule has 2 aromatic rings. The fraction of sp³-hybridized carbons (Fsp3) is 0.333. The van der Waals surface area contributed by atoms with Crippen LogP contribution < -0.4 is 0 Å². The van der Waals surface area contributed by atoms with Crippen LogP contribution in [0.4, 0.5) is 0 Å². The summed E-state index contributed by atoms with van der Waals surface area (Å²) in [6.07, 6.45) is 0.428. The van der Waals surface area contributed by atoms with Crippen LogP contribution in [0.25, 0.3) is 5.69 Å². The molecule has 1 amide bonds. The zero-order valence-electron chi connectivity index (χ0n) is 12.9. The highest BCUT2D eigenvalue weighted by atomic mass is 79.9. The molecule has 0 bridgehead atoms. The molecule has 8 heteroatoms. The maximum Gasteiger partial charge on any atom is 0.303 e. The molecule has 1 N–H and O–H groups in total. The van der Waals surface area contributed by atoms with Gasteiger partial charge >= 0.3 is 5.97 Å². The van der Waals surface area contributed by atoms with Gasteiger partial charge in [-0.1, -0.05) is 27.2 Å². The topological polar surface area (TPSA) is 88.3 Å². The molecule has 0 radical (unpaired) electrons. The Morgan fingerprint density at radius 1 is 1.39 bits per heavy atom. The van der Waals surface area contributed by atoms with Crippen LogP contribution >= 0.6 is 15.9 Å². The summed E-state index contributed by atoms with van der Waals surface area (Å²) in [5.41, 5.74) is 1.71. The van der Waals surface area contributed by atoms with Crippen LogP contribution in [-0.4, -0.2) is 50.5 Å². The first kappa shape index (κ1) is 17.1. The molecular weight excluding hydrogens is 364 g/mol. The largest absolute Gasteiger partial charge is 0.481 e. The number of rotatable bonds is 6. The Balaban J connectivity index is 2.15. The number of carboxylic acids is 1. The van der Waals surface area contributed by atoms with Gasteiger partial charge in [0.05, 0.1) is 11.4 Å². The Bertz CT molecular complexity index is 729. The number of aromatic nitrogens is 3. The van der Waals surface area contributed by atoms with Gasteiger partial charge in [0.2, 0.25) is 0 Å². The summed E-state index contributed by atoms with van der Waals surface area (Å²) in [5.74, 6) is -1.14. The van der Waals surface area contributed by atoms with Crippen molar-refractivity contribution >= 4 is 27.8 Å². The molecule has 0 aliphatic rings. The zero-order chi connectivity index (χ0) is 17.0. The average Bonchev–Trinajstić information content (AvgIpc) is 2.87. The van der Waals surface area contributed by atoms with Crippen molar-refractivity contribution in [2.45, 2.75) is 19.8 Å². The number of carbonyl (C=O) groups excluding carboxylic acids is 1. The zero-order valence-corrected chi connectivity index (χ0v) is 14.4. The van der Waals surface area contributed by atoms with Crippen molar-refractivity contribution in [2.24, 2.45) is 0 Å². The van der Waals surface area contributed by atoms with Gasteiger partial charge in [-0.05, 0) is 31.5 Å². The SMILES string of the molecule is Cc1c(C(=O)N(C)CCCC(=O)O)nnn1-c1cccc(Br)c1. The summed E-state index contributed by atoms with van der Waals surface area (Å²) in [6, 6.07) is 7.53. The number of nitrogens with zero attached hydrogens (tertiary/aromatic N) is 4. The quantitative estimate of drug-likeness (QED) is 0.830. The number of aliphatic carboxylic acids is 1. The van der Waals surface area contributed by atoms with Gasteiger partial charge in [-0.2, -0.15) is 0 Å². The summed E-state index contributed by atoms with van der Waals surface area (Å²) < 4.78 is 2.51. The summed E-state index contributed by atoms with van der Waals surface area (Å²) in [5, 5.41) is 16.7. The number of hydrogen-bond donors (Lipinski definition) is 1. The molecule has 7 nitrogen and oxygen atoms in total. The molecular formula is C15H17BrN4O3. The smallest absolute Gasteiger partial charge is 0.303 e. The molecule has 1 heterocycles. The molecule has 0 saturated carbocycles. The second kappa shape index (κ2) is 7.36. The van der Waals surface area contributed by atoms with Crippen molar-refractivity contribution < 1.29 is 14.7 Å². The number of amides is 1. The lowest BCUT2D eigenvalue weighted by atomic mass is 10.2. The first-order chi connectivity index (χ1) is 10.9. The van der Waals surface area contributed by atoms with Crippen molar-refractivity contribution in [3.05, 3.63) is 40.1 Å². The molecule has 2 rings (SSSR count). The monoisotopic (exact) mass is 380 g/mol. The molecule has 23 heavy (non-hydrogen) atoms. The van der Waals surface area contributed by atoms with E-state index in [-0.39, 0.29) is 18.0 Å². The van der Waals surface area contributed by atoms with E-state index >= 15 is 0 Å². The lowest BCUT2D eigenvalue weighted by Crippen LogP contribution is -2.29. The normalized spacial score (nSPS) is 10.6. The fourth-order valence-electron chi connectivity index (χ4n) is 2.13. The predicted octanol–water partition coefficient (Wildman–Crippen LogP) is 2.28. The van der Waals surface area contributed by atoms with Crippen molar-refractivity contribution in [3.8, 4) is 5.69 Å². The highest BCUT2D eigenvalue weighted by Crippen LogP contribution is 2.17. The molecule has 0 spiro atoms. The van der Waals surface area contributed by atoms with Gasteiger partial charge in [0.15, 0.2) is 5.69 Å². The Morgan fingerprint density at radius 2 is 2.13 bits per heavy atom. The molecule has 0 fully saturated rings. The summed E-state index contributed by atoms with van der Waals surface area (Å²) in [6.45, 7) is 2.13. The second-order valence-electron chi connectivity index (χ2n) is 5.14. The molecule has 1 aromatic carbocycles. The van der Waals surface area contributed by atoms with Crippen LogP contribution in [0.5, 0.6) is 0 Å². The van der Waals surface area contributed by atoms with E-state index in [4.69, 9.17) is 5.11 Å². The maximum absolute atomic E-state index is 12.4. The fourth-order valence-corrected chi connectivity index (χ4v) is 2.52. The summed E-state index contributed by atoms with van der Waals surface area (Å²) >= 11 is 3.40. The van der Waals surface area contributed by atoms with Gasteiger partial charge < -0.3 is 10.0 Å². The first-order valence-electron chi connectivity index (χ1n) is 7.05. The van der Waals surface area contributed by atoms with Gasteiger partial charge in [-0.25, -0.2) is 4.68 Å². The van der Waals surface area contributed by atoms with E-state index in [2.05, 4.69) is 26.2 Å². The standard InChI is InChI=1S/C15H17BrN4O3/c1-10-14(15(23)19(2)8-4-7-13(21)22)17-18-20(10)12-6-3-5-11(16)9-12/h3,5-6,9H,4,7-8H2,1-2H3,(H,21,22). The van der Waals surface area contributed by atoms with Crippen LogP contribution in [0.15, 0.2) is 28.7 Å². The van der Waals surface area contributed by atoms with E-state index in [0.717, 1.165) is 10.2 Å². The molecule has 0 atom stereocenters. The summed E-state index contributed by atoms with van der Waals surface area (Å²) in [7, 11) is 1.63. The second-order valence-corrected chi connectivity index (χ2v) is 6.05. The van der Waals surface area contributed by atoms with E-state index in [1.165, 1.54) is 4.90 Å². The maximum atomic E-state index is 12.4. The number of carboxylic acid groups (broad SMARTS) is 1. The Labute approximate surface area is 142 Å². The van der Waals surface area contributed by atoms with Gasteiger partial charge in [-0.3, -0.25) is 9.59 Å². The van der Waals surface area contributed by atoms with E-state index < -0.39 is 5.97 Å². The molecule has 0 saturated heterocycles. The van der Waals surface area contributed by atoms with Crippen LogP contribution in [-0.2, 0) is 4.79 Å². The van der Waals surface area contributed by atoms with Crippen molar-refractivity contribution in [1.29, 1.82) is 0 Å². The number of hydrogen-bond acceptors (Lipinski definition) is 4. The Hall–Kier alpha value is -2.22. The molecule has 0 aliphatic carbocycles. The van der Waals surface area contributed by atoms with E-state index in [0.29, 0.717) is 18.7 Å². The third-order valence-corrected chi connectivity index (χ3v) is 3.87. The van der Waals surface area contributed by atoms with Gasteiger partial charge in [-0.15, -0.1) is 5.10 Å². The minimum atomic E-state index is -0.873. The van der Waals surface area contributed by atoms with E-state index in [1.54, 1.807) is 18.7 Å². The van der Waals surface area contributed by atoms with Crippen LogP contribution in [0.2, 0.25) is 0 Å². The van der Waals surface area contributed by atoms with Crippen LogP contribution in [0, 0.1) is 6.92 Å².